The Labute approximate surface area is 212 Å². The number of ketones is 1. The third-order valence-corrected chi connectivity index (χ3v) is 6.88. The molecular weight excluding hydrogens is 472 g/mol. The molecule has 1 saturated heterocycles. The van der Waals surface area contributed by atoms with Crippen LogP contribution in [0, 0.1) is 0 Å². The van der Waals surface area contributed by atoms with Gasteiger partial charge in [-0.05, 0) is 43.3 Å². The molecule has 1 atom stereocenters. The van der Waals surface area contributed by atoms with Gasteiger partial charge in [-0.2, -0.15) is 0 Å². The van der Waals surface area contributed by atoms with Crippen molar-refractivity contribution in [2.45, 2.75) is 13.0 Å². The Morgan fingerprint density at radius 2 is 1.81 bits per heavy atom. The number of aromatic amines is 1. The maximum Gasteiger partial charge on any atom is 0.295 e. The molecule has 4 heterocycles. The minimum atomic E-state index is -0.594. The molecule has 1 fully saturated rings. The van der Waals surface area contributed by atoms with Gasteiger partial charge in [-0.15, -0.1) is 0 Å². The van der Waals surface area contributed by atoms with Gasteiger partial charge in [0.05, 0.1) is 16.8 Å². The minimum absolute atomic E-state index is 0.0777. The molecule has 2 amide bonds. The maximum atomic E-state index is 13.4. The molecule has 0 aliphatic carbocycles. The highest BCUT2D eigenvalue weighted by Gasteiger charge is 2.34. The van der Waals surface area contributed by atoms with E-state index in [2.05, 4.69) is 9.97 Å². The number of fused-ring (bicyclic) bond motifs is 2. The summed E-state index contributed by atoms with van der Waals surface area (Å²) in [5.74, 6) is 0.0493. The number of nitrogens with zero attached hydrogens (tertiary/aromatic N) is 3. The first kappa shape index (κ1) is 22.8. The summed E-state index contributed by atoms with van der Waals surface area (Å²) >= 11 is 0. The number of benzene rings is 2. The standard InChI is InChI=1S/C28H24N4O5/c1-17-15-31(27(34)18-5-3-2-4-6-18)11-12-32(17)28(35)26(33)21-14-30-25-20(21)9-10-29-24(25)19-7-8-22-23(13-19)37-16-36-22/h2-10,13-14,17,30H,11-12,15-16H2,1H3/t17-/m1/s1. The van der Waals surface area contributed by atoms with E-state index in [1.807, 2.05) is 43.3 Å². The molecule has 0 saturated carbocycles. The number of carbonyl (C=O) groups is 3. The van der Waals surface area contributed by atoms with E-state index in [0.29, 0.717) is 52.3 Å². The highest BCUT2D eigenvalue weighted by atomic mass is 16.7. The SMILES string of the molecule is C[C@@H]1CN(C(=O)c2ccccc2)CCN1C(=O)C(=O)c1c[nH]c2c(-c3ccc4c(c3)OCO4)nccc12. The summed E-state index contributed by atoms with van der Waals surface area (Å²) in [6.07, 6.45) is 3.18. The Hall–Kier alpha value is -4.66. The molecule has 0 radical (unpaired) electrons. The summed E-state index contributed by atoms with van der Waals surface area (Å²) < 4.78 is 10.9. The molecule has 1 N–H and O–H groups in total. The van der Waals surface area contributed by atoms with Crippen LogP contribution in [0.3, 0.4) is 0 Å². The smallest absolute Gasteiger partial charge is 0.295 e. The Morgan fingerprint density at radius 1 is 1.00 bits per heavy atom. The zero-order valence-electron chi connectivity index (χ0n) is 20.1. The average molecular weight is 497 g/mol. The number of hydrogen-bond acceptors (Lipinski definition) is 6. The fraction of sp³-hybridized carbons (Fsp3) is 0.214. The number of pyridine rings is 1. The Kier molecular flexibility index (Phi) is 5.60. The van der Waals surface area contributed by atoms with E-state index in [0.717, 1.165) is 5.56 Å². The van der Waals surface area contributed by atoms with Crippen LogP contribution >= 0.6 is 0 Å². The second-order valence-electron chi connectivity index (χ2n) is 9.15. The highest BCUT2D eigenvalue weighted by molar-refractivity contribution is 6.45. The predicted molar refractivity (Wildman–Crippen MR) is 136 cm³/mol. The summed E-state index contributed by atoms with van der Waals surface area (Å²) in [7, 11) is 0. The van der Waals surface area contributed by atoms with Crippen LogP contribution in [-0.2, 0) is 4.79 Å². The number of aromatic nitrogens is 2. The summed E-state index contributed by atoms with van der Waals surface area (Å²) in [5, 5.41) is 0.617. The van der Waals surface area contributed by atoms with Gasteiger partial charge in [0.2, 0.25) is 6.79 Å². The van der Waals surface area contributed by atoms with E-state index in [4.69, 9.17) is 9.47 Å². The molecule has 0 unspecified atom stereocenters. The van der Waals surface area contributed by atoms with Gasteiger partial charge in [0.25, 0.3) is 17.6 Å². The Balaban J connectivity index is 1.22. The highest BCUT2D eigenvalue weighted by Crippen LogP contribution is 2.37. The van der Waals surface area contributed by atoms with Crippen molar-refractivity contribution in [1.82, 2.24) is 19.8 Å². The van der Waals surface area contributed by atoms with Crippen LogP contribution in [0.15, 0.2) is 67.0 Å². The van der Waals surface area contributed by atoms with E-state index in [9.17, 15) is 14.4 Å². The van der Waals surface area contributed by atoms with Crippen LogP contribution in [0.2, 0.25) is 0 Å². The molecule has 2 aromatic heterocycles. The first-order chi connectivity index (χ1) is 18.0. The van der Waals surface area contributed by atoms with Gasteiger partial charge < -0.3 is 24.3 Å². The molecule has 4 aromatic rings. The van der Waals surface area contributed by atoms with Gasteiger partial charge in [-0.1, -0.05) is 18.2 Å². The molecule has 0 spiro atoms. The quantitative estimate of drug-likeness (QED) is 0.343. The lowest BCUT2D eigenvalue weighted by atomic mass is 10.0. The van der Waals surface area contributed by atoms with Crippen molar-refractivity contribution in [2.24, 2.45) is 0 Å². The van der Waals surface area contributed by atoms with Crippen molar-refractivity contribution in [3.05, 3.63) is 78.1 Å². The zero-order valence-corrected chi connectivity index (χ0v) is 20.1. The van der Waals surface area contributed by atoms with Gasteiger partial charge in [-0.3, -0.25) is 19.4 Å². The van der Waals surface area contributed by atoms with Crippen molar-refractivity contribution in [3.8, 4) is 22.8 Å². The Bertz CT molecular complexity index is 1530. The van der Waals surface area contributed by atoms with Crippen molar-refractivity contribution in [2.75, 3.05) is 26.4 Å². The van der Waals surface area contributed by atoms with Crippen LogP contribution in [0.1, 0.15) is 27.6 Å². The van der Waals surface area contributed by atoms with Crippen molar-refractivity contribution < 1.29 is 23.9 Å². The zero-order chi connectivity index (χ0) is 25.5. The monoisotopic (exact) mass is 496 g/mol. The lowest BCUT2D eigenvalue weighted by Gasteiger charge is -2.39. The van der Waals surface area contributed by atoms with E-state index in [1.54, 1.807) is 40.4 Å². The maximum absolute atomic E-state index is 13.4. The van der Waals surface area contributed by atoms with Gasteiger partial charge in [-0.25, -0.2) is 0 Å². The second kappa shape index (κ2) is 9.09. The molecule has 0 bridgehead atoms. The lowest BCUT2D eigenvalue weighted by Crippen LogP contribution is -2.56. The van der Waals surface area contributed by atoms with Crippen molar-refractivity contribution >= 4 is 28.5 Å². The average Bonchev–Trinajstić information content (AvgIpc) is 3.59. The van der Waals surface area contributed by atoms with Crippen LogP contribution in [0.25, 0.3) is 22.2 Å². The number of ether oxygens (including phenoxy) is 2. The minimum Gasteiger partial charge on any atom is -0.454 e. The van der Waals surface area contributed by atoms with Gasteiger partial charge in [0, 0.05) is 54.6 Å². The molecule has 186 valence electrons. The number of nitrogens with one attached hydrogen (secondary N) is 1. The van der Waals surface area contributed by atoms with Gasteiger partial charge >= 0.3 is 0 Å². The van der Waals surface area contributed by atoms with Crippen LogP contribution in [0.5, 0.6) is 11.5 Å². The van der Waals surface area contributed by atoms with E-state index >= 15 is 0 Å². The molecule has 2 aliphatic heterocycles. The molecule has 2 aromatic carbocycles. The molecule has 37 heavy (non-hydrogen) atoms. The van der Waals surface area contributed by atoms with E-state index in [1.165, 1.54) is 0 Å². The summed E-state index contributed by atoms with van der Waals surface area (Å²) in [4.78, 5) is 50.4. The fourth-order valence-corrected chi connectivity index (χ4v) is 4.96. The third kappa shape index (κ3) is 3.98. The van der Waals surface area contributed by atoms with E-state index < -0.39 is 11.7 Å². The van der Waals surface area contributed by atoms with Crippen LogP contribution in [-0.4, -0.2) is 69.8 Å². The predicted octanol–water partition coefficient (Wildman–Crippen LogP) is 3.51. The number of carbonyl (C=O) groups excluding carboxylic acids is 3. The fourth-order valence-electron chi connectivity index (χ4n) is 4.96. The number of hydrogen-bond donors (Lipinski definition) is 1. The first-order valence-electron chi connectivity index (χ1n) is 12.1. The summed E-state index contributed by atoms with van der Waals surface area (Å²) in [6.45, 7) is 3.04. The van der Waals surface area contributed by atoms with Crippen molar-refractivity contribution in [3.63, 3.8) is 0 Å². The lowest BCUT2D eigenvalue weighted by molar-refractivity contribution is -0.130. The van der Waals surface area contributed by atoms with Crippen molar-refractivity contribution in [1.29, 1.82) is 0 Å². The number of piperazine rings is 1. The summed E-state index contributed by atoms with van der Waals surface area (Å²) in [6, 6.07) is 16.0. The van der Waals surface area contributed by atoms with E-state index in [-0.39, 0.29) is 25.3 Å². The number of Topliss-reactive ketones (excluding diaryl/α,β-unsaturated/α-hetero) is 1. The summed E-state index contributed by atoms with van der Waals surface area (Å²) in [5.41, 5.74) is 3.00. The normalized spacial score (nSPS) is 16.7. The molecule has 9 heteroatoms. The largest absolute Gasteiger partial charge is 0.454 e. The molecule has 6 rings (SSSR count). The topological polar surface area (TPSA) is 105 Å². The van der Waals surface area contributed by atoms with Gasteiger partial charge in [0.1, 0.15) is 0 Å². The number of rotatable bonds is 4. The first-order valence-corrected chi connectivity index (χ1v) is 12.1. The molecule has 9 nitrogen and oxygen atoms in total. The van der Waals surface area contributed by atoms with Gasteiger partial charge in [0.15, 0.2) is 11.5 Å². The molecule has 2 aliphatic rings. The second-order valence-corrected chi connectivity index (χ2v) is 9.15. The van der Waals surface area contributed by atoms with Crippen LogP contribution in [0.4, 0.5) is 0 Å². The number of H-pyrrole nitrogens is 1. The Morgan fingerprint density at radius 3 is 2.62 bits per heavy atom. The van der Waals surface area contributed by atoms with Crippen LogP contribution < -0.4 is 9.47 Å². The third-order valence-electron chi connectivity index (χ3n) is 6.88. The molecular formula is C28H24N4O5. The number of amides is 2.